The summed E-state index contributed by atoms with van der Waals surface area (Å²) in [5.74, 6) is -0.567. The van der Waals surface area contributed by atoms with E-state index in [1.54, 1.807) is 6.92 Å². The summed E-state index contributed by atoms with van der Waals surface area (Å²) < 4.78 is 0. The Bertz CT molecular complexity index is 214. The maximum Gasteiger partial charge on any atom is 0.243 e. The van der Waals surface area contributed by atoms with Gasteiger partial charge in [-0.25, -0.2) is 0 Å². The fourth-order valence-electron chi connectivity index (χ4n) is 1.25. The molecule has 11 heavy (non-hydrogen) atoms. The minimum absolute atomic E-state index is 0.00694. The van der Waals surface area contributed by atoms with Crippen molar-refractivity contribution in [1.29, 1.82) is 0 Å². The Morgan fingerprint density at radius 1 is 1.82 bits per heavy atom. The zero-order valence-corrected chi connectivity index (χ0v) is 6.68. The first-order chi connectivity index (χ1) is 4.97. The number of carbonyl (C=O) groups excluding carboxylic acids is 2. The Morgan fingerprint density at radius 2 is 2.36 bits per heavy atom. The van der Waals surface area contributed by atoms with Gasteiger partial charge in [0.15, 0.2) is 0 Å². The summed E-state index contributed by atoms with van der Waals surface area (Å²) in [4.78, 5) is 21.7. The van der Waals surface area contributed by atoms with Gasteiger partial charge in [-0.15, -0.1) is 0 Å². The second-order valence-corrected chi connectivity index (χ2v) is 3.22. The summed E-state index contributed by atoms with van der Waals surface area (Å²) in [5.41, 5.74) is 4.29. The highest BCUT2D eigenvalue weighted by atomic mass is 16.2. The van der Waals surface area contributed by atoms with Crippen LogP contribution in [-0.2, 0) is 9.59 Å². The number of hydrogen-bond acceptors (Lipinski definition) is 2. The van der Waals surface area contributed by atoms with Gasteiger partial charge in [0.1, 0.15) is 5.54 Å². The minimum Gasteiger partial charge on any atom is -0.368 e. The molecule has 1 heterocycles. The van der Waals surface area contributed by atoms with E-state index in [-0.39, 0.29) is 11.8 Å². The van der Waals surface area contributed by atoms with Crippen LogP contribution in [0.3, 0.4) is 0 Å². The first kappa shape index (κ1) is 8.04. The van der Waals surface area contributed by atoms with Gasteiger partial charge < -0.3 is 11.1 Å². The maximum absolute atomic E-state index is 10.9. The van der Waals surface area contributed by atoms with Crippen LogP contribution in [0.1, 0.15) is 20.3 Å². The lowest BCUT2D eigenvalue weighted by molar-refractivity contribution is -0.127. The summed E-state index contributed by atoms with van der Waals surface area (Å²) in [6.07, 6.45) is 0.388. The van der Waals surface area contributed by atoms with Crippen LogP contribution in [0, 0.1) is 5.92 Å². The van der Waals surface area contributed by atoms with Gasteiger partial charge in [-0.1, -0.05) is 6.92 Å². The molecule has 0 saturated carbocycles. The zero-order valence-electron chi connectivity index (χ0n) is 6.68. The minimum atomic E-state index is -0.836. The van der Waals surface area contributed by atoms with E-state index in [0.29, 0.717) is 6.42 Å². The largest absolute Gasteiger partial charge is 0.368 e. The molecule has 1 saturated heterocycles. The molecule has 1 aliphatic rings. The quantitative estimate of drug-likeness (QED) is 0.531. The number of nitrogens with one attached hydrogen (secondary N) is 1. The van der Waals surface area contributed by atoms with E-state index in [1.807, 2.05) is 6.92 Å². The zero-order chi connectivity index (χ0) is 8.65. The van der Waals surface area contributed by atoms with E-state index < -0.39 is 11.4 Å². The van der Waals surface area contributed by atoms with Crippen LogP contribution >= 0.6 is 0 Å². The molecule has 4 nitrogen and oxygen atoms in total. The number of primary amides is 1. The molecule has 0 spiro atoms. The van der Waals surface area contributed by atoms with Crippen LogP contribution in [0.25, 0.3) is 0 Å². The maximum atomic E-state index is 10.9. The lowest BCUT2D eigenvalue weighted by Gasteiger charge is -2.24. The average Bonchev–Trinajstić information content (AvgIpc) is 2.08. The Hall–Kier alpha value is -1.06. The van der Waals surface area contributed by atoms with E-state index in [2.05, 4.69) is 5.32 Å². The van der Waals surface area contributed by atoms with E-state index in [0.717, 1.165) is 0 Å². The molecule has 0 radical (unpaired) electrons. The molecule has 2 unspecified atom stereocenters. The van der Waals surface area contributed by atoms with Crippen LogP contribution in [0.15, 0.2) is 0 Å². The van der Waals surface area contributed by atoms with Crippen LogP contribution in [0.5, 0.6) is 0 Å². The fourth-order valence-corrected chi connectivity index (χ4v) is 1.25. The second kappa shape index (κ2) is 2.22. The van der Waals surface area contributed by atoms with Crippen molar-refractivity contribution in [2.24, 2.45) is 11.7 Å². The molecule has 2 atom stereocenters. The molecular weight excluding hydrogens is 144 g/mol. The number of rotatable bonds is 1. The first-order valence-electron chi connectivity index (χ1n) is 3.57. The van der Waals surface area contributed by atoms with Gasteiger partial charge in [-0.3, -0.25) is 9.59 Å². The Kier molecular flexibility index (Phi) is 1.62. The monoisotopic (exact) mass is 156 g/mol. The highest BCUT2D eigenvalue weighted by Crippen LogP contribution is 2.25. The van der Waals surface area contributed by atoms with Gasteiger partial charge in [0.25, 0.3) is 0 Å². The number of hydrogen-bond donors (Lipinski definition) is 2. The predicted octanol–water partition coefficient (Wildman–Crippen LogP) is -0.614. The molecule has 0 aromatic carbocycles. The molecule has 1 fully saturated rings. The van der Waals surface area contributed by atoms with Crippen LogP contribution < -0.4 is 11.1 Å². The lowest BCUT2D eigenvalue weighted by atomic mass is 9.88. The van der Waals surface area contributed by atoms with Gasteiger partial charge in [-0.2, -0.15) is 0 Å². The molecule has 0 bridgehead atoms. The van der Waals surface area contributed by atoms with Crippen molar-refractivity contribution < 1.29 is 9.59 Å². The highest BCUT2D eigenvalue weighted by Gasteiger charge is 2.44. The van der Waals surface area contributed by atoms with E-state index in [1.165, 1.54) is 0 Å². The molecule has 0 aliphatic carbocycles. The van der Waals surface area contributed by atoms with Gasteiger partial charge in [0.2, 0.25) is 11.8 Å². The van der Waals surface area contributed by atoms with Crippen molar-refractivity contribution in [2.45, 2.75) is 25.8 Å². The van der Waals surface area contributed by atoms with Crippen molar-refractivity contribution in [3.63, 3.8) is 0 Å². The molecule has 2 amide bonds. The van der Waals surface area contributed by atoms with E-state index in [4.69, 9.17) is 5.73 Å². The Morgan fingerprint density at radius 3 is 2.55 bits per heavy atom. The Balaban J connectivity index is 2.87. The third-order valence-electron chi connectivity index (χ3n) is 2.39. The van der Waals surface area contributed by atoms with Crippen LogP contribution in [0.2, 0.25) is 0 Å². The molecule has 0 aromatic heterocycles. The lowest BCUT2D eigenvalue weighted by Crippen LogP contribution is -2.53. The van der Waals surface area contributed by atoms with Crippen molar-refractivity contribution in [1.82, 2.24) is 5.32 Å². The van der Waals surface area contributed by atoms with E-state index in [9.17, 15) is 9.59 Å². The smallest absolute Gasteiger partial charge is 0.243 e. The number of nitrogens with two attached hydrogens (primary N) is 1. The molecule has 1 rings (SSSR count). The van der Waals surface area contributed by atoms with Crippen molar-refractivity contribution in [3.05, 3.63) is 0 Å². The third kappa shape index (κ3) is 1.08. The van der Waals surface area contributed by atoms with Gasteiger partial charge in [-0.05, 0) is 12.8 Å². The average molecular weight is 156 g/mol. The standard InChI is InChI=1S/C7H12N2O2/c1-4-3-5(10)9-7(4,2)6(8)11/h4H,3H2,1-2H3,(H2,8,11)(H,9,10). The van der Waals surface area contributed by atoms with E-state index >= 15 is 0 Å². The SMILES string of the molecule is CC1CC(=O)NC1(C)C(N)=O. The molecule has 62 valence electrons. The summed E-state index contributed by atoms with van der Waals surface area (Å²) in [7, 11) is 0. The van der Waals surface area contributed by atoms with Gasteiger partial charge >= 0.3 is 0 Å². The van der Waals surface area contributed by atoms with Crippen LogP contribution in [-0.4, -0.2) is 17.4 Å². The second-order valence-electron chi connectivity index (χ2n) is 3.22. The van der Waals surface area contributed by atoms with Gasteiger partial charge in [0.05, 0.1) is 0 Å². The number of amides is 2. The fraction of sp³-hybridized carbons (Fsp3) is 0.714. The molecular formula is C7H12N2O2. The summed E-state index contributed by atoms with van der Waals surface area (Å²) in [6.45, 7) is 3.49. The van der Waals surface area contributed by atoms with Gasteiger partial charge in [0, 0.05) is 6.42 Å². The highest BCUT2D eigenvalue weighted by molar-refractivity contribution is 5.93. The first-order valence-corrected chi connectivity index (χ1v) is 3.57. The summed E-state index contributed by atoms with van der Waals surface area (Å²) >= 11 is 0. The topological polar surface area (TPSA) is 72.2 Å². The van der Waals surface area contributed by atoms with Crippen molar-refractivity contribution in [3.8, 4) is 0 Å². The molecule has 0 aromatic rings. The summed E-state index contributed by atoms with van der Waals surface area (Å²) in [6, 6.07) is 0. The summed E-state index contributed by atoms with van der Waals surface area (Å²) in [5, 5.41) is 2.57. The molecule has 4 heteroatoms. The third-order valence-corrected chi connectivity index (χ3v) is 2.39. The molecule has 1 aliphatic heterocycles. The van der Waals surface area contributed by atoms with Crippen LogP contribution in [0.4, 0.5) is 0 Å². The van der Waals surface area contributed by atoms with Crippen molar-refractivity contribution >= 4 is 11.8 Å². The van der Waals surface area contributed by atoms with Crippen molar-refractivity contribution in [2.75, 3.05) is 0 Å². The number of carbonyl (C=O) groups is 2. The predicted molar refractivity (Wildman–Crippen MR) is 39.5 cm³/mol. The normalized spacial score (nSPS) is 36.9. The molecule has 3 N–H and O–H groups in total. The Labute approximate surface area is 65.1 Å².